The van der Waals surface area contributed by atoms with Crippen molar-refractivity contribution in [1.29, 1.82) is 0 Å². The van der Waals surface area contributed by atoms with Gasteiger partial charge in [0.1, 0.15) is 11.3 Å². The quantitative estimate of drug-likeness (QED) is 0.260. The second kappa shape index (κ2) is 8.57. The Morgan fingerprint density at radius 2 is 1.83 bits per heavy atom. The van der Waals surface area contributed by atoms with Crippen LogP contribution in [0.3, 0.4) is 0 Å². The van der Waals surface area contributed by atoms with Crippen LogP contribution >= 0.6 is 0 Å². The maximum Gasteiger partial charge on any atom is 0.265 e. The highest BCUT2D eigenvalue weighted by Crippen LogP contribution is 2.29. The van der Waals surface area contributed by atoms with E-state index in [1.54, 1.807) is 13.3 Å². The smallest absolute Gasteiger partial charge is 0.265 e. The van der Waals surface area contributed by atoms with Crippen molar-refractivity contribution in [3.8, 4) is 5.75 Å². The second-order valence-corrected chi connectivity index (χ2v) is 8.33. The average molecular weight is 462 g/mol. The zero-order valence-corrected chi connectivity index (χ0v) is 19.4. The maximum atomic E-state index is 5.48. The van der Waals surface area contributed by atoms with Gasteiger partial charge in [0.2, 0.25) is 0 Å². The highest BCUT2D eigenvalue weighted by atomic mass is 16.5. The van der Waals surface area contributed by atoms with E-state index in [9.17, 15) is 0 Å². The van der Waals surface area contributed by atoms with Crippen LogP contribution < -0.4 is 10.2 Å². The number of ether oxygens (including phenoxy) is 1. The van der Waals surface area contributed by atoms with Gasteiger partial charge in [0.05, 0.1) is 13.3 Å². The van der Waals surface area contributed by atoms with E-state index in [4.69, 9.17) is 4.74 Å². The van der Waals surface area contributed by atoms with E-state index in [1.807, 2.05) is 42.5 Å². The van der Waals surface area contributed by atoms with E-state index < -0.39 is 0 Å². The first-order valence-corrected chi connectivity index (χ1v) is 11.3. The predicted octanol–water partition coefficient (Wildman–Crippen LogP) is 5.27. The first-order valence-electron chi connectivity index (χ1n) is 11.3. The van der Waals surface area contributed by atoms with E-state index in [1.165, 1.54) is 5.56 Å². The Morgan fingerprint density at radius 3 is 2.69 bits per heavy atom. The number of anilines is 1. The van der Waals surface area contributed by atoms with Gasteiger partial charge in [0.15, 0.2) is 5.65 Å². The minimum atomic E-state index is 0.323. The van der Waals surface area contributed by atoms with Gasteiger partial charge in [-0.05, 0) is 36.8 Å². The third-order valence-electron chi connectivity index (χ3n) is 6.24. The van der Waals surface area contributed by atoms with Crippen LogP contribution in [0.5, 0.6) is 5.75 Å². The number of H-pyrrole nitrogens is 1. The van der Waals surface area contributed by atoms with Crippen LogP contribution in [0, 0.1) is 6.92 Å². The molecule has 0 saturated heterocycles. The molecule has 172 valence electrons. The Hall–Kier alpha value is -4.72. The van der Waals surface area contributed by atoms with Gasteiger partial charge in [-0.3, -0.25) is 0 Å². The SMILES string of the molecule is COc1ccc2c(c1)c(C=NNc1nnc3c(n1)[nH]c1ccccc13)c(C)n2Cc1ccccc1. The number of aromatic amines is 1. The lowest BCUT2D eigenvalue weighted by molar-refractivity contribution is 0.415. The summed E-state index contributed by atoms with van der Waals surface area (Å²) in [5.74, 6) is 1.12. The van der Waals surface area contributed by atoms with Crippen LogP contribution in [0.25, 0.3) is 33.0 Å². The Labute approximate surface area is 201 Å². The van der Waals surface area contributed by atoms with Crippen molar-refractivity contribution in [2.24, 2.45) is 5.10 Å². The van der Waals surface area contributed by atoms with Crippen molar-refractivity contribution in [1.82, 2.24) is 24.7 Å². The monoisotopic (exact) mass is 461 g/mol. The predicted molar refractivity (Wildman–Crippen MR) is 139 cm³/mol. The molecule has 3 aromatic heterocycles. The second-order valence-electron chi connectivity index (χ2n) is 8.33. The summed E-state index contributed by atoms with van der Waals surface area (Å²) in [6, 6.07) is 24.5. The van der Waals surface area contributed by atoms with Gasteiger partial charge >= 0.3 is 0 Å². The van der Waals surface area contributed by atoms with Crippen molar-refractivity contribution in [2.75, 3.05) is 12.5 Å². The summed E-state index contributed by atoms with van der Waals surface area (Å²) in [5, 5.41) is 15.0. The molecule has 8 heteroatoms. The Bertz CT molecular complexity index is 1700. The molecule has 0 unspecified atom stereocenters. The van der Waals surface area contributed by atoms with Crippen LogP contribution in [0.15, 0.2) is 77.9 Å². The number of aromatic nitrogens is 5. The molecule has 2 N–H and O–H groups in total. The van der Waals surface area contributed by atoms with Crippen molar-refractivity contribution in [2.45, 2.75) is 13.5 Å². The molecular weight excluding hydrogens is 438 g/mol. The molecule has 0 bridgehead atoms. The normalized spacial score (nSPS) is 11.7. The lowest BCUT2D eigenvalue weighted by Gasteiger charge is -2.09. The van der Waals surface area contributed by atoms with Crippen LogP contribution in [-0.4, -0.2) is 38.1 Å². The van der Waals surface area contributed by atoms with Crippen molar-refractivity contribution < 1.29 is 4.74 Å². The highest BCUT2D eigenvalue weighted by molar-refractivity contribution is 6.03. The molecule has 0 aliphatic rings. The Balaban J connectivity index is 1.35. The van der Waals surface area contributed by atoms with Gasteiger partial charge in [-0.1, -0.05) is 48.5 Å². The fraction of sp³-hybridized carbons (Fsp3) is 0.111. The number of hydrazone groups is 1. The third kappa shape index (κ3) is 3.74. The lowest BCUT2D eigenvalue weighted by Crippen LogP contribution is -2.02. The van der Waals surface area contributed by atoms with Crippen LogP contribution in [-0.2, 0) is 6.54 Å². The molecule has 35 heavy (non-hydrogen) atoms. The third-order valence-corrected chi connectivity index (χ3v) is 6.24. The largest absolute Gasteiger partial charge is 0.497 e. The molecule has 8 nitrogen and oxygen atoms in total. The first kappa shape index (κ1) is 20.9. The van der Waals surface area contributed by atoms with Crippen molar-refractivity contribution in [3.63, 3.8) is 0 Å². The molecule has 0 amide bonds. The van der Waals surface area contributed by atoms with Gasteiger partial charge in [-0.15, -0.1) is 10.2 Å². The van der Waals surface area contributed by atoms with Gasteiger partial charge in [0, 0.05) is 39.6 Å². The molecule has 3 heterocycles. The summed E-state index contributed by atoms with van der Waals surface area (Å²) in [6.45, 7) is 2.87. The average Bonchev–Trinajstić information content (AvgIpc) is 3.39. The number of nitrogens with one attached hydrogen (secondary N) is 2. The van der Waals surface area contributed by atoms with Gasteiger partial charge in [0.25, 0.3) is 5.95 Å². The number of hydrogen-bond acceptors (Lipinski definition) is 6. The maximum absolute atomic E-state index is 5.48. The zero-order valence-electron chi connectivity index (χ0n) is 19.4. The summed E-state index contributed by atoms with van der Waals surface area (Å²) >= 11 is 0. The molecule has 0 aliphatic carbocycles. The summed E-state index contributed by atoms with van der Waals surface area (Å²) in [7, 11) is 1.68. The van der Waals surface area contributed by atoms with E-state index in [0.29, 0.717) is 11.6 Å². The Morgan fingerprint density at radius 1 is 1.00 bits per heavy atom. The van der Waals surface area contributed by atoms with Crippen LogP contribution in [0.1, 0.15) is 16.8 Å². The summed E-state index contributed by atoms with van der Waals surface area (Å²) in [5.41, 5.74) is 9.77. The molecule has 0 saturated carbocycles. The number of para-hydroxylation sites is 1. The van der Waals surface area contributed by atoms with Gasteiger partial charge in [-0.25, -0.2) is 5.43 Å². The fourth-order valence-electron chi connectivity index (χ4n) is 4.47. The van der Waals surface area contributed by atoms with E-state index in [0.717, 1.165) is 50.9 Å². The molecule has 0 fully saturated rings. The van der Waals surface area contributed by atoms with Crippen LogP contribution in [0.2, 0.25) is 0 Å². The Kier molecular flexibility index (Phi) is 5.11. The van der Waals surface area contributed by atoms with Crippen LogP contribution in [0.4, 0.5) is 5.95 Å². The summed E-state index contributed by atoms with van der Waals surface area (Å²) in [4.78, 5) is 7.81. The minimum Gasteiger partial charge on any atom is -0.497 e. The number of methoxy groups -OCH3 is 1. The molecule has 0 radical (unpaired) electrons. The topological polar surface area (TPSA) is 93.0 Å². The lowest BCUT2D eigenvalue weighted by atomic mass is 10.1. The first-order chi connectivity index (χ1) is 17.2. The number of benzene rings is 3. The summed E-state index contributed by atoms with van der Waals surface area (Å²) in [6.07, 6.45) is 1.80. The molecule has 6 aromatic rings. The number of nitrogens with zero attached hydrogens (tertiary/aromatic N) is 5. The highest BCUT2D eigenvalue weighted by Gasteiger charge is 2.14. The standard InChI is InChI=1S/C27H23N7O/c1-17-22(15-28-32-27-30-26-25(31-33-27)20-10-6-7-11-23(20)29-26)21-14-19(35-2)12-13-24(21)34(17)16-18-8-4-3-5-9-18/h3-15H,16H2,1-2H3,(H2,29,30,32,33). The fourth-order valence-corrected chi connectivity index (χ4v) is 4.47. The molecular formula is C27H23N7O. The molecule has 6 rings (SSSR count). The molecule has 0 atom stereocenters. The van der Waals surface area contributed by atoms with E-state index in [-0.39, 0.29) is 0 Å². The van der Waals surface area contributed by atoms with E-state index in [2.05, 4.69) is 72.5 Å². The molecule has 0 spiro atoms. The number of rotatable bonds is 6. The van der Waals surface area contributed by atoms with Crippen molar-refractivity contribution in [3.05, 3.63) is 89.6 Å². The number of fused-ring (bicyclic) bond motifs is 4. The molecule has 0 aliphatic heterocycles. The zero-order chi connectivity index (χ0) is 23.8. The van der Waals surface area contributed by atoms with Gasteiger partial charge < -0.3 is 14.3 Å². The van der Waals surface area contributed by atoms with Crippen molar-refractivity contribution >= 4 is 45.1 Å². The summed E-state index contributed by atoms with van der Waals surface area (Å²) < 4.78 is 7.77. The number of hydrogen-bond donors (Lipinski definition) is 2. The minimum absolute atomic E-state index is 0.323. The van der Waals surface area contributed by atoms with Gasteiger partial charge in [-0.2, -0.15) is 10.1 Å². The van der Waals surface area contributed by atoms with E-state index >= 15 is 0 Å². The molecule has 3 aromatic carbocycles.